The molecule has 0 unspecified atom stereocenters. The Labute approximate surface area is 100 Å². The second-order valence-electron chi connectivity index (χ2n) is 3.98. The van der Waals surface area contributed by atoms with Crippen LogP contribution in [0.4, 0.5) is 5.69 Å². The molecule has 2 rings (SSSR count). The Morgan fingerprint density at radius 3 is 2.94 bits per heavy atom. The van der Waals surface area contributed by atoms with Crippen LogP contribution in [0.2, 0.25) is 0 Å². The van der Waals surface area contributed by atoms with Crippen LogP contribution in [0.25, 0.3) is 0 Å². The minimum absolute atomic E-state index is 0.0547. The molecule has 4 heteroatoms. The summed E-state index contributed by atoms with van der Waals surface area (Å²) in [5, 5.41) is 2.78. The molecule has 0 aliphatic rings. The van der Waals surface area contributed by atoms with Crippen molar-refractivity contribution in [2.45, 2.75) is 20.4 Å². The van der Waals surface area contributed by atoms with E-state index in [0.717, 1.165) is 23.6 Å². The van der Waals surface area contributed by atoms with E-state index in [9.17, 15) is 4.79 Å². The van der Waals surface area contributed by atoms with E-state index < -0.39 is 0 Å². The van der Waals surface area contributed by atoms with Crippen molar-refractivity contribution in [3.05, 3.63) is 48.0 Å². The Kier molecular flexibility index (Phi) is 3.23. The van der Waals surface area contributed by atoms with Gasteiger partial charge in [0.15, 0.2) is 0 Å². The van der Waals surface area contributed by atoms with Gasteiger partial charge in [-0.2, -0.15) is 0 Å². The van der Waals surface area contributed by atoms with Crippen LogP contribution in [0.3, 0.4) is 0 Å². The van der Waals surface area contributed by atoms with Crippen molar-refractivity contribution in [2.24, 2.45) is 0 Å². The monoisotopic (exact) mass is 229 g/mol. The molecule has 0 fully saturated rings. The van der Waals surface area contributed by atoms with Crippen molar-refractivity contribution >= 4 is 11.6 Å². The van der Waals surface area contributed by atoms with E-state index in [0.29, 0.717) is 0 Å². The third kappa shape index (κ3) is 2.93. The standard InChI is InChI=1S/C13H15N3O/c1-10-14-6-7-16(10)9-12-4-3-5-13(8-12)15-11(2)17/h3-8H,9H2,1-2H3,(H,15,17). The van der Waals surface area contributed by atoms with Gasteiger partial charge in [0.2, 0.25) is 5.91 Å². The number of anilines is 1. The number of rotatable bonds is 3. The zero-order valence-corrected chi connectivity index (χ0v) is 9.97. The first-order chi connectivity index (χ1) is 8.15. The van der Waals surface area contributed by atoms with Crippen LogP contribution in [-0.4, -0.2) is 15.5 Å². The zero-order chi connectivity index (χ0) is 12.3. The fourth-order valence-electron chi connectivity index (χ4n) is 1.72. The molecule has 1 aromatic heterocycles. The van der Waals surface area contributed by atoms with Gasteiger partial charge in [-0.1, -0.05) is 12.1 Å². The molecule has 0 bridgehead atoms. The quantitative estimate of drug-likeness (QED) is 0.877. The van der Waals surface area contributed by atoms with Gasteiger partial charge in [-0.25, -0.2) is 4.98 Å². The highest BCUT2D eigenvalue weighted by Gasteiger charge is 2.01. The number of carbonyl (C=O) groups is 1. The summed E-state index contributed by atoms with van der Waals surface area (Å²) >= 11 is 0. The molecule has 0 atom stereocenters. The van der Waals surface area contributed by atoms with Crippen LogP contribution < -0.4 is 5.32 Å². The highest BCUT2D eigenvalue weighted by atomic mass is 16.1. The molecule has 0 spiro atoms. The molecular formula is C13H15N3O. The Hall–Kier alpha value is -2.10. The van der Waals surface area contributed by atoms with Gasteiger partial charge in [0.05, 0.1) is 0 Å². The maximum absolute atomic E-state index is 11.0. The highest BCUT2D eigenvalue weighted by molar-refractivity contribution is 5.88. The molecule has 2 aromatic rings. The van der Waals surface area contributed by atoms with Crippen molar-refractivity contribution in [1.29, 1.82) is 0 Å². The smallest absolute Gasteiger partial charge is 0.221 e. The predicted molar refractivity (Wildman–Crippen MR) is 66.8 cm³/mol. The molecule has 0 saturated heterocycles. The third-order valence-corrected chi connectivity index (χ3v) is 2.52. The Balaban J connectivity index is 2.16. The summed E-state index contributed by atoms with van der Waals surface area (Å²) in [7, 11) is 0. The SMILES string of the molecule is CC(=O)Nc1cccc(Cn2ccnc2C)c1. The van der Waals surface area contributed by atoms with Gasteiger partial charge >= 0.3 is 0 Å². The lowest BCUT2D eigenvalue weighted by Crippen LogP contribution is -2.06. The summed E-state index contributed by atoms with van der Waals surface area (Å²) in [6.45, 7) is 4.24. The molecule has 1 amide bonds. The molecule has 0 saturated carbocycles. The van der Waals surface area contributed by atoms with Crippen LogP contribution in [0.1, 0.15) is 18.3 Å². The molecule has 1 heterocycles. The van der Waals surface area contributed by atoms with Crippen molar-refractivity contribution in [1.82, 2.24) is 9.55 Å². The number of imidazole rings is 1. The predicted octanol–water partition coefficient (Wildman–Crippen LogP) is 2.20. The number of benzene rings is 1. The normalized spacial score (nSPS) is 10.2. The molecule has 1 N–H and O–H groups in total. The Morgan fingerprint density at radius 1 is 1.47 bits per heavy atom. The Bertz CT molecular complexity index is 531. The van der Waals surface area contributed by atoms with Crippen molar-refractivity contribution in [3.8, 4) is 0 Å². The lowest BCUT2D eigenvalue weighted by Gasteiger charge is -2.07. The van der Waals surface area contributed by atoms with E-state index in [1.165, 1.54) is 6.92 Å². The van der Waals surface area contributed by atoms with Crippen LogP contribution in [-0.2, 0) is 11.3 Å². The number of aromatic nitrogens is 2. The average Bonchev–Trinajstić information content (AvgIpc) is 2.64. The van der Waals surface area contributed by atoms with Gasteiger partial charge in [-0.05, 0) is 24.6 Å². The minimum atomic E-state index is -0.0547. The van der Waals surface area contributed by atoms with Crippen molar-refractivity contribution in [3.63, 3.8) is 0 Å². The lowest BCUT2D eigenvalue weighted by molar-refractivity contribution is -0.114. The minimum Gasteiger partial charge on any atom is -0.331 e. The number of aryl methyl sites for hydroxylation is 1. The largest absolute Gasteiger partial charge is 0.331 e. The van der Waals surface area contributed by atoms with Gasteiger partial charge in [0, 0.05) is 31.5 Å². The second kappa shape index (κ2) is 4.82. The Morgan fingerprint density at radius 2 is 2.29 bits per heavy atom. The summed E-state index contributed by atoms with van der Waals surface area (Å²) in [6, 6.07) is 7.82. The van der Waals surface area contributed by atoms with Crippen LogP contribution >= 0.6 is 0 Å². The summed E-state index contributed by atoms with van der Waals surface area (Å²) in [6.07, 6.45) is 3.73. The van der Waals surface area contributed by atoms with Gasteiger partial charge in [0.1, 0.15) is 5.82 Å². The van der Waals surface area contributed by atoms with Gasteiger partial charge in [0.25, 0.3) is 0 Å². The number of hydrogen-bond donors (Lipinski definition) is 1. The van der Waals surface area contributed by atoms with Gasteiger partial charge in [-0.15, -0.1) is 0 Å². The number of nitrogens with one attached hydrogen (secondary N) is 1. The van der Waals surface area contributed by atoms with Gasteiger partial charge in [-0.3, -0.25) is 4.79 Å². The number of nitrogens with zero attached hydrogens (tertiary/aromatic N) is 2. The van der Waals surface area contributed by atoms with Crippen molar-refractivity contribution in [2.75, 3.05) is 5.32 Å². The molecule has 17 heavy (non-hydrogen) atoms. The van der Waals surface area contributed by atoms with E-state index in [4.69, 9.17) is 0 Å². The summed E-state index contributed by atoms with van der Waals surface area (Å²) in [5.74, 6) is 0.927. The van der Waals surface area contributed by atoms with E-state index in [-0.39, 0.29) is 5.91 Å². The molecule has 0 aliphatic heterocycles. The first kappa shape index (κ1) is 11.4. The lowest BCUT2D eigenvalue weighted by atomic mass is 10.2. The van der Waals surface area contributed by atoms with Crippen LogP contribution in [0.15, 0.2) is 36.7 Å². The van der Waals surface area contributed by atoms with E-state index >= 15 is 0 Å². The fourth-order valence-corrected chi connectivity index (χ4v) is 1.72. The first-order valence-electron chi connectivity index (χ1n) is 5.49. The fraction of sp³-hybridized carbons (Fsp3) is 0.231. The second-order valence-corrected chi connectivity index (χ2v) is 3.98. The highest BCUT2D eigenvalue weighted by Crippen LogP contribution is 2.12. The molecule has 0 radical (unpaired) electrons. The maximum Gasteiger partial charge on any atom is 0.221 e. The summed E-state index contributed by atoms with van der Waals surface area (Å²) in [4.78, 5) is 15.1. The zero-order valence-electron chi connectivity index (χ0n) is 9.97. The molecule has 1 aromatic carbocycles. The van der Waals surface area contributed by atoms with Crippen LogP contribution in [0, 0.1) is 6.92 Å². The third-order valence-electron chi connectivity index (χ3n) is 2.52. The van der Waals surface area contributed by atoms with Crippen LogP contribution in [0.5, 0.6) is 0 Å². The van der Waals surface area contributed by atoms with Gasteiger partial charge < -0.3 is 9.88 Å². The van der Waals surface area contributed by atoms with E-state index in [1.807, 2.05) is 37.4 Å². The maximum atomic E-state index is 11.0. The average molecular weight is 229 g/mol. The van der Waals surface area contributed by atoms with E-state index in [2.05, 4.69) is 14.9 Å². The number of hydrogen-bond acceptors (Lipinski definition) is 2. The topological polar surface area (TPSA) is 46.9 Å². The van der Waals surface area contributed by atoms with Crippen molar-refractivity contribution < 1.29 is 4.79 Å². The number of carbonyl (C=O) groups excluding carboxylic acids is 1. The molecule has 4 nitrogen and oxygen atoms in total. The molecule has 88 valence electrons. The number of amides is 1. The molecule has 0 aliphatic carbocycles. The summed E-state index contributed by atoms with van der Waals surface area (Å²) in [5.41, 5.74) is 1.96. The first-order valence-corrected chi connectivity index (χ1v) is 5.49. The van der Waals surface area contributed by atoms with E-state index in [1.54, 1.807) is 6.20 Å². The summed E-state index contributed by atoms with van der Waals surface area (Å²) < 4.78 is 2.06. The molecular weight excluding hydrogens is 214 g/mol.